The first kappa shape index (κ1) is 17.4. The highest BCUT2D eigenvalue weighted by Gasteiger charge is 2.36. The number of hydrogen-bond donors (Lipinski definition) is 0. The molecule has 0 radical (unpaired) electrons. The van der Waals surface area contributed by atoms with E-state index in [0.29, 0.717) is 18.0 Å². The van der Waals surface area contributed by atoms with Gasteiger partial charge in [-0.1, -0.05) is 30.3 Å². The van der Waals surface area contributed by atoms with Crippen molar-refractivity contribution in [1.82, 2.24) is 0 Å². The van der Waals surface area contributed by atoms with Crippen molar-refractivity contribution in [2.75, 3.05) is 18.1 Å². The number of amides is 1. The highest BCUT2D eigenvalue weighted by Crippen LogP contribution is 2.33. The Hall–Kier alpha value is -3.02. The van der Waals surface area contributed by atoms with Crippen LogP contribution < -0.4 is 14.4 Å². The number of para-hydroxylation sites is 3. The molecule has 2 aromatic rings. The topological polar surface area (TPSA) is 65.1 Å². The molecule has 1 amide bonds. The molecule has 0 aromatic heterocycles. The van der Waals surface area contributed by atoms with Crippen molar-refractivity contribution in [3.8, 4) is 11.5 Å². The Balaban J connectivity index is 1.39. The summed E-state index contributed by atoms with van der Waals surface area (Å²) in [6.07, 6.45) is 0.438. The fourth-order valence-corrected chi connectivity index (χ4v) is 3.46. The van der Waals surface area contributed by atoms with E-state index in [1.165, 1.54) is 0 Å². The predicted molar refractivity (Wildman–Crippen MR) is 99.0 cm³/mol. The molecular formula is C21H21NO5. The van der Waals surface area contributed by atoms with Crippen molar-refractivity contribution >= 4 is 17.6 Å². The number of ether oxygens (including phenoxy) is 3. The van der Waals surface area contributed by atoms with Gasteiger partial charge < -0.3 is 19.1 Å². The zero-order chi connectivity index (χ0) is 18.8. The Kier molecular flexibility index (Phi) is 4.71. The molecule has 140 valence electrons. The Morgan fingerprint density at radius 2 is 1.78 bits per heavy atom. The third-order valence-electron chi connectivity index (χ3n) is 4.82. The van der Waals surface area contributed by atoms with E-state index in [0.717, 1.165) is 24.1 Å². The second kappa shape index (κ2) is 7.31. The van der Waals surface area contributed by atoms with E-state index >= 15 is 0 Å². The summed E-state index contributed by atoms with van der Waals surface area (Å²) in [5, 5.41) is 0. The van der Waals surface area contributed by atoms with E-state index in [2.05, 4.69) is 0 Å². The molecule has 27 heavy (non-hydrogen) atoms. The Morgan fingerprint density at radius 1 is 1.07 bits per heavy atom. The van der Waals surface area contributed by atoms with Crippen LogP contribution in [0.3, 0.4) is 0 Å². The summed E-state index contributed by atoms with van der Waals surface area (Å²) in [7, 11) is 0. The minimum atomic E-state index is -0.902. The molecule has 2 unspecified atom stereocenters. The van der Waals surface area contributed by atoms with Gasteiger partial charge in [0.05, 0.1) is 0 Å². The highest BCUT2D eigenvalue weighted by atomic mass is 16.6. The molecular weight excluding hydrogens is 346 g/mol. The number of hydrogen-bond acceptors (Lipinski definition) is 5. The number of fused-ring (bicyclic) bond motifs is 2. The van der Waals surface area contributed by atoms with Crippen LogP contribution in [-0.4, -0.2) is 37.2 Å². The first-order chi connectivity index (χ1) is 13.1. The molecule has 2 heterocycles. The third kappa shape index (κ3) is 3.47. The quantitative estimate of drug-likeness (QED) is 0.781. The van der Waals surface area contributed by atoms with Gasteiger partial charge in [0.25, 0.3) is 5.91 Å². The van der Waals surface area contributed by atoms with Gasteiger partial charge >= 0.3 is 5.97 Å². The fraction of sp³-hybridized carbons (Fsp3) is 0.333. The number of aryl methyl sites for hydroxylation is 1. The number of carbonyl (C=O) groups excluding carboxylic acids is 2. The number of carbonyl (C=O) groups is 2. The molecule has 0 aliphatic carbocycles. The van der Waals surface area contributed by atoms with Gasteiger partial charge in [0.1, 0.15) is 6.10 Å². The third-order valence-corrected chi connectivity index (χ3v) is 4.82. The number of nitrogens with zero attached hydrogens (tertiary/aromatic N) is 1. The maximum atomic E-state index is 12.6. The van der Waals surface area contributed by atoms with Crippen LogP contribution in [-0.2, 0) is 20.7 Å². The van der Waals surface area contributed by atoms with Crippen molar-refractivity contribution in [3.63, 3.8) is 0 Å². The van der Waals surface area contributed by atoms with Gasteiger partial charge in [0, 0.05) is 12.2 Å². The van der Waals surface area contributed by atoms with E-state index in [4.69, 9.17) is 14.2 Å². The first-order valence-corrected chi connectivity index (χ1v) is 9.11. The van der Waals surface area contributed by atoms with Crippen LogP contribution in [0.5, 0.6) is 11.5 Å². The molecule has 2 aromatic carbocycles. The Labute approximate surface area is 157 Å². The molecule has 6 heteroatoms. The largest absolute Gasteiger partial charge is 0.482 e. The average Bonchev–Trinajstić information content (AvgIpc) is 2.70. The maximum Gasteiger partial charge on any atom is 0.351 e. The maximum absolute atomic E-state index is 12.6. The standard InChI is InChI=1S/C21H21NO5/c1-14-20(27-18-11-5-4-10-17(18)26-14)21(24)25-13-19(23)22-12-6-8-15-7-2-3-9-16(15)22/h2-5,7,9-11,14,20H,6,8,12-13H2,1H3. The molecule has 0 N–H and O–H groups in total. The van der Waals surface area contributed by atoms with Gasteiger partial charge in [0.15, 0.2) is 18.1 Å². The first-order valence-electron chi connectivity index (χ1n) is 9.11. The minimum Gasteiger partial charge on any atom is -0.482 e. The van der Waals surface area contributed by atoms with Crippen molar-refractivity contribution in [3.05, 3.63) is 54.1 Å². The molecule has 2 aliphatic rings. The summed E-state index contributed by atoms with van der Waals surface area (Å²) in [5.74, 6) is 0.250. The summed E-state index contributed by atoms with van der Waals surface area (Å²) in [4.78, 5) is 26.7. The molecule has 0 bridgehead atoms. The molecule has 4 rings (SSSR count). The van der Waals surface area contributed by atoms with E-state index < -0.39 is 18.2 Å². The number of benzene rings is 2. The highest BCUT2D eigenvalue weighted by molar-refractivity contribution is 5.96. The van der Waals surface area contributed by atoms with E-state index in [-0.39, 0.29) is 12.5 Å². The van der Waals surface area contributed by atoms with Gasteiger partial charge in [-0.3, -0.25) is 4.79 Å². The van der Waals surface area contributed by atoms with Crippen LogP contribution in [0.2, 0.25) is 0 Å². The van der Waals surface area contributed by atoms with Crippen molar-refractivity contribution in [2.24, 2.45) is 0 Å². The van der Waals surface area contributed by atoms with Gasteiger partial charge in [-0.05, 0) is 43.5 Å². The lowest BCUT2D eigenvalue weighted by Gasteiger charge is -2.31. The minimum absolute atomic E-state index is 0.236. The van der Waals surface area contributed by atoms with Crippen LogP contribution >= 0.6 is 0 Å². The van der Waals surface area contributed by atoms with Gasteiger partial charge in [-0.25, -0.2) is 4.79 Å². The second-order valence-electron chi connectivity index (χ2n) is 6.69. The lowest BCUT2D eigenvalue weighted by atomic mass is 10.0. The van der Waals surface area contributed by atoms with E-state index in [1.54, 1.807) is 30.0 Å². The number of rotatable bonds is 3. The van der Waals surface area contributed by atoms with Crippen molar-refractivity contribution < 1.29 is 23.8 Å². The summed E-state index contributed by atoms with van der Waals surface area (Å²) in [6, 6.07) is 15.0. The lowest BCUT2D eigenvalue weighted by Crippen LogP contribution is -2.46. The Morgan fingerprint density at radius 3 is 2.59 bits per heavy atom. The smallest absolute Gasteiger partial charge is 0.351 e. The van der Waals surface area contributed by atoms with Crippen LogP contribution in [0, 0.1) is 0 Å². The number of anilines is 1. The molecule has 6 nitrogen and oxygen atoms in total. The normalized spacial score (nSPS) is 20.6. The van der Waals surface area contributed by atoms with E-state index in [1.807, 2.05) is 30.3 Å². The fourth-order valence-electron chi connectivity index (χ4n) is 3.46. The zero-order valence-electron chi connectivity index (χ0n) is 15.1. The van der Waals surface area contributed by atoms with Gasteiger partial charge in [0.2, 0.25) is 6.10 Å². The summed E-state index contributed by atoms with van der Waals surface area (Å²) < 4.78 is 16.7. The molecule has 2 aliphatic heterocycles. The molecule has 0 saturated heterocycles. The predicted octanol–water partition coefficient (Wildman–Crippen LogP) is 2.74. The monoisotopic (exact) mass is 367 g/mol. The van der Waals surface area contributed by atoms with Crippen LogP contribution in [0.25, 0.3) is 0 Å². The van der Waals surface area contributed by atoms with Crippen LogP contribution in [0.1, 0.15) is 18.9 Å². The van der Waals surface area contributed by atoms with E-state index in [9.17, 15) is 9.59 Å². The lowest BCUT2D eigenvalue weighted by molar-refractivity contribution is -0.160. The second-order valence-corrected chi connectivity index (χ2v) is 6.69. The summed E-state index contributed by atoms with van der Waals surface area (Å²) in [6.45, 7) is 2.05. The SMILES string of the molecule is CC1Oc2ccccc2OC1C(=O)OCC(=O)N1CCCc2ccccc21. The van der Waals surface area contributed by atoms with Crippen LogP contribution in [0.15, 0.2) is 48.5 Å². The van der Waals surface area contributed by atoms with Crippen molar-refractivity contribution in [1.29, 1.82) is 0 Å². The van der Waals surface area contributed by atoms with Gasteiger partial charge in [-0.15, -0.1) is 0 Å². The molecule has 2 atom stereocenters. The van der Waals surface area contributed by atoms with Crippen LogP contribution in [0.4, 0.5) is 5.69 Å². The van der Waals surface area contributed by atoms with Gasteiger partial charge in [-0.2, -0.15) is 0 Å². The molecule has 0 saturated carbocycles. The number of esters is 1. The Bertz CT molecular complexity index is 865. The molecule has 0 spiro atoms. The van der Waals surface area contributed by atoms with Crippen molar-refractivity contribution in [2.45, 2.75) is 32.0 Å². The summed E-state index contributed by atoms with van der Waals surface area (Å²) in [5.41, 5.74) is 2.03. The zero-order valence-corrected chi connectivity index (χ0v) is 15.1. The molecule has 0 fully saturated rings. The summed E-state index contributed by atoms with van der Waals surface area (Å²) >= 11 is 0. The average molecular weight is 367 g/mol.